The lowest BCUT2D eigenvalue weighted by atomic mass is 9.77. The third kappa shape index (κ3) is 7.77. The highest BCUT2D eigenvalue weighted by molar-refractivity contribution is 8.00. The van der Waals surface area contributed by atoms with Gasteiger partial charge in [0.1, 0.15) is 5.60 Å². The lowest BCUT2D eigenvalue weighted by molar-refractivity contribution is -0.0328. The van der Waals surface area contributed by atoms with E-state index in [9.17, 15) is 18.0 Å². The number of carbonyl (C=O) groups is 1. The predicted molar refractivity (Wildman–Crippen MR) is 117 cm³/mol. The standard InChI is InChI=1S/C21H29BF3NO4S/c1-18(2,3)28-17(27)26-13-15(22-29-19(4,5)20(6,7)30-22)12-14-8-10-16(11-9-14)31-21(23,24)25/h8-12H,13H2,1-7H3,(H,26,27). The molecule has 1 aliphatic rings. The molecule has 0 aromatic heterocycles. The number of ether oxygens (including phenoxy) is 1. The van der Waals surface area contributed by atoms with E-state index < -0.39 is 35.5 Å². The van der Waals surface area contributed by atoms with Gasteiger partial charge in [-0.15, -0.1) is 0 Å². The molecule has 0 aliphatic carbocycles. The molecule has 0 saturated carbocycles. The van der Waals surface area contributed by atoms with Crippen LogP contribution in [0.25, 0.3) is 6.08 Å². The first-order chi connectivity index (χ1) is 14.0. The van der Waals surface area contributed by atoms with Crippen molar-refractivity contribution in [2.24, 2.45) is 0 Å². The molecule has 0 spiro atoms. The van der Waals surface area contributed by atoms with Crippen LogP contribution in [-0.4, -0.2) is 42.1 Å². The average molecular weight is 459 g/mol. The van der Waals surface area contributed by atoms with Crippen LogP contribution in [0, 0.1) is 0 Å². The molecule has 5 nitrogen and oxygen atoms in total. The quantitative estimate of drug-likeness (QED) is 0.443. The highest BCUT2D eigenvalue weighted by Gasteiger charge is 2.52. The monoisotopic (exact) mass is 459 g/mol. The van der Waals surface area contributed by atoms with Crippen molar-refractivity contribution in [1.82, 2.24) is 5.32 Å². The molecule has 0 atom stereocenters. The first-order valence-corrected chi connectivity index (χ1v) is 10.7. The SMILES string of the molecule is CC(C)(C)OC(=O)NCC(=Cc1ccc(SC(F)(F)F)cc1)B1OC(C)(C)C(C)(C)O1. The van der Waals surface area contributed by atoms with Gasteiger partial charge in [-0.3, -0.25) is 0 Å². The Labute approximate surface area is 186 Å². The van der Waals surface area contributed by atoms with Crippen LogP contribution in [0.3, 0.4) is 0 Å². The highest BCUT2D eigenvalue weighted by Crippen LogP contribution is 2.39. The number of nitrogens with one attached hydrogen (secondary N) is 1. The molecule has 1 aromatic carbocycles. The topological polar surface area (TPSA) is 56.8 Å². The number of benzene rings is 1. The highest BCUT2D eigenvalue weighted by atomic mass is 32.2. The Morgan fingerprint density at radius 3 is 2.06 bits per heavy atom. The summed E-state index contributed by atoms with van der Waals surface area (Å²) in [4.78, 5) is 12.2. The summed E-state index contributed by atoms with van der Waals surface area (Å²) in [5.41, 5.74) is -4.90. The zero-order valence-electron chi connectivity index (χ0n) is 18.8. The summed E-state index contributed by atoms with van der Waals surface area (Å²) in [6.45, 7) is 13.0. The molecule has 0 unspecified atom stereocenters. The molecule has 1 fully saturated rings. The third-order valence-electron chi connectivity index (χ3n) is 4.86. The number of halogens is 3. The molecule has 1 aliphatic heterocycles. The van der Waals surface area contributed by atoms with Crippen molar-refractivity contribution in [3.63, 3.8) is 0 Å². The van der Waals surface area contributed by atoms with Gasteiger partial charge in [-0.1, -0.05) is 18.2 Å². The molecule has 10 heteroatoms. The third-order valence-corrected chi connectivity index (χ3v) is 5.60. The van der Waals surface area contributed by atoms with Crippen molar-refractivity contribution in [2.75, 3.05) is 6.54 Å². The van der Waals surface area contributed by atoms with Crippen LogP contribution in [0.5, 0.6) is 0 Å². The van der Waals surface area contributed by atoms with Crippen molar-refractivity contribution >= 4 is 31.0 Å². The maximum atomic E-state index is 12.6. The Morgan fingerprint density at radius 1 is 1.10 bits per heavy atom. The number of hydrogen-bond acceptors (Lipinski definition) is 5. The van der Waals surface area contributed by atoms with Crippen molar-refractivity contribution < 1.29 is 32.0 Å². The molecule has 31 heavy (non-hydrogen) atoms. The zero-order chi connectivity index (χ0) is 23.7. The van der Waals surface area contributed by atoms with Gasteiger partial charge >= 0.3 is 18.7 Å². The number of rotatable bonds is 5. The Kier molecular flexibility index (Phi) is 7.50. The molecule has 1 N–H and O–H groups in total. The van der Waals surface area contributed by atoms with Crippen LogP contribution in [0.4, 0.5) is 18.0 Å². The van der Waals surface area contributed by atoms with E-state index in [1.807, 2.05) is 27.7 Å². The van der Waals surface area contributed by atoms with Crippen LogP contribution < -0.4 is 5.32 Å². The summed E-state index contributed by atoms with van der Waals surface area (Å²) < 4.78 is 55.1. The molecule has 1 amide bonds. The van der Waals surface area contributed by atoms with Crippen molar-refractivity contribution in [1.29, 1.82) is 0 Å². The first kappa shape index (κ1) is 25.6. The van der Waals surface area contributed by atoms with Crippen molar-refractivity contribution in [3.05, 3.63) is 35.3 Å². The van der Waals surface area contributed by atoms with Gasteiger partial charge < -0.3 is 19.4 Å². The van der Waals surface area contributed by atoms with Crippen LogP contribution in [-0.2, 0) is 14.0 Å². The zero-order valence-corrected chi connectivity index (χ0v) is 19.7. The van der Waals surface area contributed by atoms with Gasteiger partial charge in [-0.2, -0.15) is 13.2 Å². The maximum Gasteiger partial charge on any atom is 0.492 e. The van der Waals surface area contributed by atoms with Gasteiger partial charge in [0.05, 0.1) is 11.2 Å². The minimum absolute atomic E-state index is 0.0881. The van der Waals surface area contributed by atoms with Crippen molar-refractivity contribution in [3.8, 4) is 0 Å². The molecule has 2 rings (SSSR count). The van der Waals surface area contributed by atoms with Gasteiger partial charge in [0.15, 0.2) is 0 Å². The number of thioether (sulfide) groups is 1. The number of carbonyl (C=O) groups excluding carboxylic acids is 1. The fourth-order valence-corrected chi connectivity index (χ4v) is 3.20. The number of hydrogen-bond donors (Lipinski definition) is 1. The predicted octanol–water partition coefficient (Wildman–Crippen LogP) is 5.84. The van der Waals surface area contributed by atoms with Gasteiger partial charge in [-0.05, 0) is 83.4 Å². The fourth-order valence-electron chi connectivity index (χ4n) is 2.67. The summed E-state index contributed by atoms with van der Waals surface area (Å²) in [6, 6.07) is 5.94. The second-order valence-corrected chi connectivity index (χ2v) is 10.4. The van der Waals surface area contributed by atoms with E-state index in [1.54, 1.807) is 39.0 Å². The van der Waals surface area contributed by atoms with E-state index in [-0.39, 0.29) is 23.2 Å². The minimum atomic E-state index is -4.34. The van der Waals surface area contributed by atoms with Gasteiger partial charge in [0.2, 0.25) is 0 Å². The van der Waals surface area contributed by atoms with E-state index in [4.69, 9.17) is 14.0 Å². The summed E-state index contributed by atoms with van der Waals surface area (Å²) in [7, 11) is -0.732. The molecule has 1 aromatic rings. The summed E-state index contributed by atoms with van der Waals surface area (Å²) in [5, 5.41) is 2.69. The lowest BCUT2D eigenvalue weighted by Gasteiger charge is -2.32. The van der Waals surface area contributed by atoms with E-state index in [0.29, 0.717) is 11.0 Å². The van der Waals surface area contributed by atoms with E-state index in [1.165, 1.54) is 12.1 Å². The van der Waals surface area contributed by atoms with Crippen LogP contribution >= 0.6 is 11.8 Å². The molecule has 172 valence electrons. The number of alkyl carbamates (subject to hydrolysis) is 1. The van der Waals surface area contributed by atoms with Gasteiger partial charge in [0.25, 0.3) is 0 Å². The van der Waals surface area contributed by atoms with Crippen LogP contribution in [0.2, 0.25) is 0 Å². The molecule has 0 radical (unpaired) electrons. The Balaban J connectivity index is 2.24. The largest absolute Gasteiger partial charge is 0.492 e. The summed E-state index contributed by atoms with van der Waals surface area (Å²) in [6.07, 6.45) is 1.15. The second-order valence-electron chi connectivity index (χ2n) is 9.28. The average Bonchev–Trinajstić information content (AvgIpc) is 2.77. The lowest BCUT2D eigenvalue weighted by Crippen LogP contribution is -2.41. The molecule has 1 heterocycles. The van der Waals surface area contributed by atoms with E-state index in [2.05, 4.69) is 5.32 Å². The van der Waals surface area contributed by atoms with Crippen LogP contribution in [0.1, 0.15) is 54.0 Å². The Hall–Kier alpha value is -1.65. The maximum absolute atomic E-state index is 12.6. The molecule has 1 saturated heterocycles. The smallest absolute Gasteiger partial charge is 0.444 e. The fraction of sp³-hybridized carbons (Fsp3) is 0.571. The van der Waals surface area contributed by atoms with Crippen molar-refractivity contribution in [2.45, 2.75) is 75.7 Å². The first-order valence-electron chi connectivity index (χ1n) is 9.86. The normalized spacial score (nSPS) is 18.8. The minimum Gasteiger partial charge on any atom is -0.444 e. The molecule has 0 bridgehead atoms. The van der Waals surface area contributed by atoms with E-state index in [0.717, 1.165) is 0 Å². The Morgan fingerprint density at radius 2 is 1.61 bits per heavy atom. The summed E-state index contributed by atoms with van der Waals surface area (Å²) >= 11 is -0.171. The van der Waals surface area contributed by atoms with Gasteiger partial charge in [-0.25, -0.2) is 4.79 Å². The number of amides is 1. The van der Waals surface area contributed by atoms with E-state index >= 15 is 0 Å². The molecular formula is C21H29BF3NO4S. The number of alkyl halides is 3. The molecular weight excluding hydrogens is 430 g/mol. The Bertz CT molecular complexity index is 801. The van der Waals surface area contributed by atoms with Crippen LogP contribution in [0.15, 0.2) is 34.6 Å². The van der Waals surface area contributed by atoms with Gasteiger partial charge in [0, 0.05) is 11.4 Å². The second kappa shape index (κ2) is 9.07. The summed E-state index contributed by atoms with van der Waals surface area (Å²) in [5.74, 6) is 0.